The van der Waals surface area contributed by atoms with Gasteiger partial charge in [0.2, 0.25) is 5.91 Å². The predicted molar refractivity (Wildman–Crippen MR) is 132 cm³/mol. The largest absolute Gasteiger partial charge is 0.497 e. The van der Waals surface area contributed by atoms with Crippen molar-refractivity contribution in [2.75, 3.05) is 17.7 Å². The summed E-state index contributed by atoms with van der Waals surface area (Å²) in [6, 6.07) is 22.3. The molecule has 3 aromatic carbocycles. The number of hydrogen-bond acceptors (Lipinski definition) is 4. The molecule has 0 aliphatic heterocycles. The maximum Gasteiger partial charge on any atom is 0.255 e. The van der Waals surface area contributed by atoms with Gasteiger partial charge in [-0.25, -0.2) is 0 Å². The fourth-order valence-corrected chi connectivity index (χ4v) is 3.97. The third-order valence-corrected chi connectivity index (χ3v) is 6.06. The minimum Gasteiger partial charge on any atom is -0.497 e. The molecule has 0 heterocycles. The van der Waals surface area contributed by atoms with Crippen LogP contribution in [-0.4, -0.2) is 24.2 Å². The van der Waals surface area contributed by atoms with Crippen molar-refractivity contribution < 1.29 is 14.3 Å². The van der Waals surface area contributed by atoms with Crippen LogP contribution < -0.4 is 15.4 Å². The van der Waals surface area contributed by atoms with Gasteiger partial charge in [0.25, 0.3) is 5.91 Å². The van der Waals surface area contributed by atoms with Crippen molar-refractivity contribution in [3.8, 4) is 5.75 Å². The smallest absolute Gasteiger partial charge is 0.255 e. The van der Waals surface area contributed by atoms with Crippen LogP contribution in [0.15, 0.2) is 77.7 Å². The normalized spacial score (nSPS) is 11.7. The molecule has 0 aliphatic carbocycles. The third-order valence-electron chi connectivity index (χ3n) is 4.97. The van der Waals surface area contributed by atoms with E-state index in [-0.39, 0.29) is 17.1 Å². The number of nitrogens with one attached hydrogen (secondary N) is 2. The Bertz CT molecular complexity index is 1060. The molecule has 0 bridgehead atoms. The van der Waals surface area contributed by atoms with E-state index in [0.29, 0.717) is 22.9 Å². The molecular weight excluding hydrogens is 420 g/mol. The SMILES string of the molecule is COc1ccc(C(=O)Nc2cccc(SC(C)C(=O)Nc3ccc(C(C)C)cc3)c2)cc1. The average Bonchev–Trinajstić information content (AvgIpc) is 2.79. The monoisotopic (exact) mass is 448 g/mol. The Kier molecular flexibility index (Phi) is 7.95. The third kappa shape index (κ3) is 6.37. The van der Waals surface area contributed by atoms with Crippen LogP contribution in [0.4, 0.5) is 11.4 Å². The van der Waals surface area contributed by atoms with E-state index < -0.39 is 0 Å². The lowest BCUT2D eigenvalue weighted by molar-refractivity contribution is -0.115. The Morgan fingerprint density at radius 1 is 0.844 bits per heavy atom. The van der Waals surface area contributed by atoms with Gasteiger partial charge in [0.1, 0.15) is 5.75 Å². The topological polar surface area (TPSA) is 67.4 Å². The molecule has 0 saturated heterocycles. The van der Waals surface area contributed by atoms with E-state index in [1.54, 1.807) is 31.4 Å². The summed E-state index contributed by atoms with van der Waals surface area (Å²) in [6.07, 6.45) is 0. The Balaban J connectivity index is 1.59. The number of carbonyl (C=O) groups excluding carboxylic acids is 2. The maximum absolute atomic E-state index is 12.6. The molecule has 2 N–H and O–H groups in total. The van der Waals surface area contributed by atoms with Crippen LogP contribution in [0.5, 0.6) is 5.75 Å². The van der Waals surface area contributed by atoms with Crippen molar-refractivity contribution in [2.45, 2.75) is 36.8 Å². The second-order valence-corrected chi connectivity index (χ2v) is 9.15. The van der Waals surface area contributed by atoms with Gasteiger partial charge in [0.15, 0.2) is 0 Å². The number of anilines is 2. The first-order valence-electron chi connectivity index (χ1n) is 10.5. The highest BCUT2D eigenvalue weighted by atomic mass is 32.2. The highest BCUT2D eigenvalue weighted by Gasteiger charge is 2.15. The molecule has 0 radical (unpaired) electrons. The van der Waals surface area contributed by atoms with Gasteiger partial charge in [0, 0.05) is 21.8 Å². The Morgan fingerprint density at radius 3 is 2.16 bits per heavy atom. The quantitative estimate of drug-likeness (QED) is 0.403. The van der Waals surface area contributed by atoms with E-state index in [9.17, 15) is 9.59 Å². The number of benzene rings is 3. The van der Waals surface area contributed by atoms with Crippen molar-refractivity contribution in [3.63, 3.8) is 0 Å². The molecule has 2 amide bonds. The number of hydrogen-bond donors (Lipinski definition) is 2. The fourth-order valence-electron chi connectivity index (χ4n) is 3.05. The van der Waals surface area contributed by atoms with Crippen LogP contribution in [0.25, 0.3) is 0 Å². The first-order valence-corrected chi connectivity index (χ1v) is 11.4. The number of thioether (sulfide) groups is 1. The van der Waals surface area contributed by atoms with Crippen LogP contribution in [0, 0.1) is 0 Å². The van der Waals surface area contributed by atoms with Crippen LogP contribution in [0.2, 0.25) is 0 Å². The van der Waals surface area contributed by atoms with Gasteiger partial charge in [-0.1, -0.05) is 32.0 Å². The van der Waals surface area contributed by atoms with Gasteiger partial charge >= 0.3 is 0 Å². The van der Waals surface area contributed by atoms with Crippen molar-refractivity contribution in [3.05, 3.63) is 83.9 Å². The summed E-state index contributed by atoms with van der Waals surface area (Å²) >= 11 is 1.44. The molecule has 1 atom stereocenters. The first kappa shape index (κ1) is 23.4. The lowest BCUT2D eigenvalue weighted by atomic mass is 10.0. The Hall–Kier alpha value is -3.25. The zero-order valence-electron chi connectivity index (χ0n) is 18.7. The standard InChI is InChI=1S/C26H28N2O3S/c1-17(2)19-8-12-21(13-9-19)27-25(29)18(3)32-24-7-5-6-22(16-24)28-26(30)20-10-14-23(31-4)15-11-20/h5-18H,1-4H3,(H,27,29)(H,28,30). The lowest BCUT2D eigenvalue weighted by Crippen LogP contribution is -2.22. The summed E-state index contributed by atoms with van der Waals surface area (Å²) in [6.45, 7) is 6.14. The van der Waals surface area contributed by atoms with Crippen molar-refractivity contribution >= 4 is 35.0 Å². The highest BCUT2D eigenvalue weighted by molar-refractivity contribution is 8.00. The number of amides is 2. The van der Waals surface area contributed by atoms with E-state index in [0.717, 1.165) is 10.6 Å². The lowest BCUT2D eigenvalue weighted by Gasteiger charge is -2.14. The van der Waals surface area contributed by atoms with Crippen molar-refractivity contribution in [1.82, 2.24) is 0 Å². The highest BCUT2D eigenvalue weighted by Crippen LogP contribution is 2.27. The van der Waals surface area contributed by atoms with Crippen molar-refractivity contribution in [1.29, 1.82) is 0 Å². The van der Waals surface area contributed by atoms with Gasteiger partial charge in [-0.05, 0) is 73.0 Å². The number of ether oxygens (including phenoxy) is 1. The molecule has 0 spiro atoms. The molecule has 1 unspecified atom stereocenters. The van der Waals surface area contributed by atoms with Gasteiger partial charge in [-0.15, -0.1) is 11.8 Å². The Labute approximate surface area is 193 Å². The summed E-state index contributed by atoms with van der Waals surface area (Å²) in [5.74, 6) is 0.875. The number of carbonyl (C=O) groups is 2. The average molecular weight is 449 g/mol. The zero-order chi connectivity index (χ0) is 23.1. The molecule has 6 heteroatoms. The van der Waals surface area contributed by atoms with Crippen LogP contribution in [-0.2, 0) is 4.79 Å². The predicted octanol–water partition coefficient (Wildman–Crippen LogP) is 6.19. The molecule has 3 aromatic rings. The van der Waals surface area contributed by atoms with E-state index >= 15 is 0 Å². The van der Waals surface area contributed by atoms with E-state index in [2.05, 4.69) is 24.5 Å². The summed E-state index contributed by atoms with van der Waals surface area (Å²) in [4.78, 5) is 26.0. The molecule has 3 rings (SSSR count). The minimum atomic E-state index is -0.299. The second-order valence-electron chi connectivity index (χ2n) is 7.74. The van der Waals surface area contributed by atoms with Crippen LogP contribution in [0.1, 0.15) is 42.6 Å². The summed E-state index contributed by atoms with van der Waals surface area (Å²) in [7, 11) is 1.59. The maximum atomic E-state index is 12.6. The Morgan fingerprint density at radius 2 is 1.53 bits per heavy atom. The fraction of sp³-hybridized carbons (Fsp3) is 0.231. The minimum absolute atomic E-state index is 0.0695. The summed E-state index contributed by atoms with van der Waals surface area (Å²) in [5, 5.41) is 5.57. The van der Waals surface area contributed by atoms with Gasteiger partial charge in [0.05, 0.1) is 12.4 Å². The van der Waals surface area contributed by atoms with Gasteiger partial charge in [-0.3, -0.25) is 9.59 Å². The zero-order valence-corrected chi connectivity index (χ0v) is 19.5. The molecular formula is C26H28N2O3S. The summed E-state index contributed by atoms with van der Waals surface area (Å²) < 4.78 is 5.12. The van der Waals surface area contributed by atoms with E-state index in [1.807, 2.05) is 55.5 Å². The van der Waals surface area contributed by atoms with Crippen molar-refractivity contribution in [2.24, 2.45) is 0 Å². The second kappa shape index (κ2) is 10.9. The molecule has 5 nitrogen and oxygen atoms in total. The molecule has 0 aliphatic rings. The molecule has 0 aromatic heterocycles. The molecule has 166 valence electrons. The molecule has 32 heavy (non-hydrogen) atoms. The molecule has 0 fully saturated rings. The van der Waals surface area contributed by atoms with E-state index in [1.165, 1.54) is 17.3 Å². The van der Waals surface area contributed by atoms with E-state index in [4.69, 9.17) is 4.74 Å². The van der Waals surface area contributed by atoms with Gasteiger partial charge in [-0.2, -0.15) is 0 Å². The molecule has 0 saturated carbocycles. The number of methoxy groups -OCH3 is 1. The van der Waals surface area contributed by atoms with Crippen LogP contribution in [0.3, 0.4) is 0 Å². The summed E-state index contributed by atoms with van der Waals surface area (Å²) in [5.41, 5.74) is 3.24. The first-order chi connectivity index (χ1) is 15.4. The van der Waals surface area contributed by atoms with Gasteiger partial charge < -0.3 is 15.4 Å². The number of rotatable bonds is 8. The van der Waals surface area contributed by atoms with Crippen LogP contribution >= 0.6 is 11.8 Å².